The molecule has 110 valence electrons. The van der Waals surface area contributed by atoms with Gasteiger partial charge in [-0.3, -0.25) is 15.1 Å². The van der Waals surface area contributed by atoms with Crippen LogP contribution in [0, 0.1) is 5.92 Å². The average molecular weight is 275 g/mol. The number of aromatic nitrogens is 1. The van der Waals surface area contributed by atoms with Crippen molar-refractivity contribution in [3.63, 3.8) is 0 Å². The first-order valence-corrected chi connectivity index (χ1v) is 7.55. The molecule has 20 heavy (non-hydrogen) atoms. The quantitative estimate of drug-likeness (QED) is 0.866. The van der Waals surface area contributed by atoms with Crippen LogP contribution in [0.4, 0.5) is 0 Å². The summed E-state index contributed by atoms with van der Waals surface area (Å²) in [5.41, 5.74) is 2.42. The van der Waals surface area contributed by atoms with Crippen molar-refractivity contribution in [1.82, 2.24) is 15.6 Å². The van der Waals surface area contributed by atoms with Gasteiger partial charge >= 0.3 is 0 Å². The molecule has 1 aromatic heterocycles. The van der Waals surface area contributed by atoms with E-state index in [9.17, 15) is 4.79 Å². The Hall–Kier alpha value is -1.42. The van der Waals surface area contributed by atoms with Crippen LogP contribution in [0.3, 0.4) is 0 Å². The van der Waals surface area contributed by atoms with Gasteiger partial charge in [0.25, 0.3) is 0 Å². The summed E-state index contributed by atoms with van der Waals surface area (Å²) in [6.45, 7) is 6.84. The summed E-state index contributed by atoms with van der Waals surface area (Å²) in [4.78, 5) is 16.5. The number of amides is 1. The molecule has 1 aliphatic carbocycles. The minimum Gasteiger partial charge on any atom is -0.354 e. The molecule has 0 aliphatic heterocycles. The Balaban J connectivity index is 1.95. The second kappa shape index (κ2) is 6.84. The Morgan fingerprint density at radius 2 is 2.25 bits per heavy atom. The first-order chi connectivity index (χ1) is 9.58. The highest BCUT2D eigenvalue weighted by Gasteiger charge is 2.24. The van der Waals surface area contributed by atoms with E-state index in [0.29, 0.717) is 5.92 Å². The van der Waals surface area contributed by atoms with E-state index in [1.54, 1.807) is 0 Å². The van der Waals surface area contributed by atoms with Gasteiger partial charge in [0, 0.05) is 12.7 Å². The molecule has 0 radical (unpaired) electrons. The molecule has 1 amide bonds. The van der Waals surface area contributed by atoms with Gasteiger partial charge in [-0.15, -0.1) is 0 Å². The number of hydrogen-bond acceptors (Lipinski definition) is 3. The highest BCUT2D eigenvalue weighted by molar-refractivity contribution is 5.81. The topological polar surface area (TPSA) is 54.0 Å². The summed E-state index contributed by atoms with van der Waals surface area (Å²) >= 11 is 0. The maximum atomic E-state index is 12.0. The smallest absolute Gasteiger partial charge is 0.236 e. The van der Waals surface area contributed by atoms with E-state index in [1.165, 1.54) is 5.56 Å². The summed E-state index contributed by atoms with van der Waals surface area (Å²) in [6, 6.07) is 4.13. The zero-order chi connectivity index (χ0) is 14.5. The van der Waals surface area contributed by atoms with E-state index < -0.39 is 0 Å². The van der Waals surface area contributed by atoms with Crippen molar-refractivity contribution in [3.8, 4) is 0 Å². The second-order valence-corrected chi connectivity index (χ2v) is 6.02. The lowest BCUT2D eigenvalue weighted by Crippen LogP contribution is -2.45. The lowest BCUT2D eigenvalue weighted by atomic mass is 9.91. The lowest BCUT2D eigenvalue weighted by molar-refractivity contribution is -0.123. The maximum Gasteiger partial charge on any atom is 0.236 e. The maximum absolute atomic E-state index is 12.0. The Bertz CT molecular complexity index is 459. The van der Waals surface area contributed by atoms with Crippen LogP contribution in [0.2, 0.25) is 0 Å². The molecule has 0 aromatic carbocycles. The third kappa shape index (κ3) is 3.79. The van der Waals surface area contributed by atoms with Crippen LogP contribution in [-0.2, 0) is 11.2 Å². The fourth-order valence-electron chi connectivity index (χ4n) is 2.61. The highest BCUT2D eigenvalue weighted by Crippen LogP contribution is 2.27. The third-order valence-corrected chi connectivity index (χ3v) is 3.72. The molecule has 0 fully saturated rings. The number of carbonyl (C=O) groups is 1. The van der Waals surface area contributed by atoms with Gasteiger partial charge in [0.05, 0.1) is 17.8 Å². The number of carbonyl (C=O) groups excluding carboxylic acids is 1. The summed E-state index contributed by atoms with van der Waals surface area (Å²) < 4.78 is 0. The fourth-order valence-corrected chi connectivity index (χ4v) is 2.61. The Morgan fingerprint density at radius 1 is 1.45 bits per heavy atom. The van der Waals surface area contributed by atoms with Crippen molar-refractivity contribution in [2.75, 3.05) is 6.54 Å². The number of rotatable bonds is 5. The number of hydrogen-bond donors (Lipinski definition) is 2. The lowest BCUT2D eigenvalue weighted by Gasteiger charge is -2.27. The normalized spacial score (nSPS) is 19.5. The third-order valence-electron chi connectivity index (χ3n) is 3.72. The molecule has 2 rings (SSSR count). The number of aryl methyl sites for hydroxylation is 1. The molecule has 2 unspecified atom stereocenters. The Morgan fingerprint density at radius 3 is 3.00 bits per heavy atom. The minimum atomic E-state index is -0.188. The summed E-state index contributed by atoms with van der Waals surface area (Å²) in [5.74, 6) is 0.546. The average Bonchev–Trinajstić information content (AvgIpc) is 2.45. The largest absolute Gasteiger partial charge is 0.354 e. The van der Waals surface area contributed by atoms with Crippen LogP contribution in [0.25, 0.3) is 0 Å². The van der Waals surface area contributed by atoms with E-state index >= 15 is 0 Å². The summed E-state index contributed by atoms with van der Waals surface area (Å²) in [7, 11) is 0. The minimum absolute atomic E-state index is 0.0711. The van der Waals surface area contributed by atoms with E-state index in [0.717, 1.165) is 31.5 Å². The number of fused-ring (bicyclic) bond motifs is 1. The monoisotopic (exact) mass is 275 g/mol. The van der Waals surface area contributed by atoms with Crippen LogP contribution in [0.5, 0.6) is 0 Å². The van der Waals surface area contributed by atoms with Crippen LogP contribution >= 0.6 is 0 Å². The predicted molar refractivity (Wildman–Crippen MR) is 80.4 cm³/mol. The molecular weight excluding hydrogens is 250 g/mol. The molecule has 4 nitrogen and oxygen atoms in total. The molecule has 0 bridgehead atoms. The summed E-state index contributed by atoms with van der Waals surface area (Å²) in [5, 5.41) is 6.40. The van der Waals surface area contributed by atoms with Gasteiger partial charge in [0.2, 0.25) is 5.91 Å². The molecule has 0 spiro atoms. The molecule has 1 aliphatic rings. The number of pyridine rings is 1. The van der Waals surface area contributed by atoms with Crippen LogP contribution < -0.4 is 10.6 Å². The first-order valence-electron chi connectivity index (χ1n) is 7.55. The van der Waals surface area contributed by atoms with Gasteiger partial charge in [0.1, 0.15) is 0 Å². The second-order valence-electron chi connectivity index (χ2n) is 6.02. The van der Waals surface area contributed by atoms with E-state index in [1.807, 2.05) is 19.2 Å². The molecule has 4 heteroatoms. The van der Waals surface area contributed by atoms with Crippen LogP contribution in [0.1, 0.15) is 50.9 Å². The fraction of sp³-hybridized carbons (Fsp3) is 0.625. The number of nitrogens with one attached hydrogen (secondary N) is 2. The van der Waals surface area contributed by atoms with Crippen LogP contribution in [-0.4, -0.2) is 23.5 Å². The zero-order valence-corrected chi connectivity index (χ0v) is 12.6. The van der Waals surface area contributed by atoms with Gasteiger partial charge in [0.15, 0.2) is 0 Å². The van der Waals surface area contributed by atoms with Gasteiger partial charge in [-0.2, -0.15) is 0 Å². The standard InChI is InChI=1S/C16H25N3O/c1-11(2)10-18-16(20)12(3)19-14-8-4-6-13-7-5-9-17-15(13)14/h5,7,9,11-12,14,19H,4,6,8,10H2,1-3H3,(H,18,20). The van der Waals surface area contributed by atoms with Crippen molar-refractivity contribution in [1.29, 1.82) is 0 Å². The molecule has 0 saturated heterocycles. The number of nitrogens with zero attached hydrogens (tertiary/aromatic N) is 1. The van der Waals surface area contributed by atoms with Gasteiger partial charge in [-0.05, 0) is 43.7 Å². The van der Waals surface area contributed by atoms with Crippen molar-refractivity contribution in [2.45, 2.75) is 52.1 Å². The highest BCUT2D eigenvalue weighted by atomic mass is 16.2. The Labute approximate surface area is 121 Å². The predicted octanol–water partition coefficient (Wildman–Crippen LogP) is 2.21. The molecular formula is C16H25N3O. The summed E-state index contributed by atoms with van der Waals surface area (Å²) in [6.07, 6.45) is 5.13. The SMILES string of the molecule is CC(C)CNC(=O)C(C)NC1CCCc2cccnc21. The van der Waals surface area contributed by atoms with Crippen molar-refractivity contribution >= 4 is 5.91 Å². The van der Waals surface area contributed by atoms with Gasteiger partial charge in [-0.25, -0.2) is 0 Å². The van der Waals surface area contributed by atoms with E-state index in [4.69, 9.17) is 0 Å². The van der Waals surface area contributed by atoms with Crippen molar-refractivity contribution < 1.29 is 4.79 Å². The first kappa shape index (κ1) is 15.0. The van der Waals surface area contributed by atoms with E-state index in [2.05, 4.69) is 35.5 Å². The molecule has 2 atom stereocenters. The molecule has 2 N–H and O–H groups in total. The van der Waals surface area contributed by atoms with E-state index in [-0.39, 0.29) is 18.0 Å². The van der Waals surface area contributed by atoms with Gasteiger partial charge < -0.3 is 5.32 Å². The molecule has 1 heterocycles. The van der Waals surface area contributed by atoms with Crippen LogP contribution in [0.15, 0.2) is 18.3 Å². The zero-order valence-electron chi connectivity index (χ0n) is 12.6. The van der Waals surface area contributed by atoms with Crippen molar-refractivity contribution in [2.24, 2.45) is 5.92 Å². The molecule has 1 aromatic rings. The Kier molecular flexibility index (Phi) is 5.12. The van der Waals surface area contributed by atoms with Crippen molar-refractivity contribution in [3.05, 3.63) is 29.6 Å². The van der Waals surface area contributed by atoms with Gasteiger partial charge in [-0.1, -0.05) is 19.9 Å². The molecule has 0 saturated carbocycles.